The molecular formula is C13H17N. The second kappa shape index (κ2) is 3.84. The van der Waals surface area contributed by atoms with Crippen LogP contribution >= 0.6 is 0 Å². The molecule has 0 aliphatic heterocycles. The molecule has 0 aromatic carbocycles. The summed E-state index contributed by atoms with van der Waals surface area (Å²) < 4.78 is 0. The zero-order valence-electron chi connectivity index (χ0n) is 9.33. The van der Waals surface area contributed by atoms with Crippen LogP contribution in [0.1, 0.15) is 44.9 Å². The van der Waals surface area contributed by atoms with E-state index in [1.807, 2.05) is 26.1 Å². The summed E-state index contributed by atoms with van der Waals surface area (Å²) in [7, 11) is 0. The Hall–Kier alpha value is -1.29. The average molecular weight is 187 g/mol. The van der Waals surface area contributed by atoms with Crippen LogP contribution in [0.3, 0.4) is 0 Å². The molecule has 0 unspecified atom stereocenters. The highest BCUT2D eigenvalue weighted by atomic mass is 14.7. The summed E-state index contributed by atoms with van der Waals surface area (Å²) in [6.45, 7) is 8.32. The fourth-order valence-electron chi connectivity index (χ4n) is 1.19. The van der Waals surface area contributed by atoms with Gasteiger partial charge in [0.25, 0.3) is 0 Å². The zero-order valence-corrected chi connectivity index (χ0v) is 9.33. The average Bonchev–Trinajstić information content (AvgIpc) is 2.18. The van der Waals surface area contributed by atoms with Gasteiger partial charge in [-0.05, 0) is 31.4 Å². The molecule has 14 heavy (non-hydrogen) atoms. The lowest BCUT2D eigenvalue weighted by Crippen LogP contribution is -2.15. The first kappa shape index (κ1) is 10.8. The van der Waals surface area contributed by atoms with E-state index < -0.39 is 0 Å². The first-order valence-corrected chi connectivity index (χ1v) is 4.91. The maximum absolute atomic E-state index is 5.45. The van der Waals surface area contributed by atoms with E-state index in [0.717, 1.165) is 5.69 Å². The van der Waals surface area contributed by atoms with Crippen LogP contribution in [0.4, 0.5) is 0 Å². The molecule has 1 nitrogen and oxygen atoms in total. The fraction of sp³-hybridized carbons (Fsp3) is 0.462. The Morgan fingerprint density at radius 2 is 2.00 bits per heavy atom. The molecule has 0 fully saturated rings. The number of terminal acetylenes is 1. The quantitative estimate of drug-likeness (QED) is 0.648. The van der Waals surface area contributed by atoms with Crippen LogP contribution in [0.5, 0.6) is 0 Å². The maximum atomic E-state index is 5.45. The van der Waals surface area contributed by atoms with E-state index in [0.29, 0.717) is 5.92 Å². The summed E-state index contributed by atoms with van der Waals surface area (Å²) in [4.78, 5) is 4.40. The number of pyridine rings is 1. The first-order chi connectivity index (χ1) is 6.47. The molecule has 0 radical (unpaired) electrons. The van der Waals surface area contributed by atoms with Gasteiger partial charge in [-0.25, -0.2) is 0 Å². The Balaban J connectivity index is 3.01. The minimum Gasteiger partial charge on any atom is -0.259 e. The highest BCUT2D eigenvalue weighted by Crippen LogP contribution is 2.21. The second-order valence-corrected chi connectivity index (χ2v) is 4.40. The van der Waals surface area contributed by atoms with Crippen LogP contribution in [0.2, 0.25) is 0 Å². The lowest BCUT2D eigenvalue weighted by Gasteiger charge is -2.17. The molecular weight excluding hydrogens is 170 g/mol. The molecule has 74 valence electrons. The van der Waals surface area contributed by atoms with Crippen LogP contribution in [-0.2, 0) is 5.41 Å². The van der Waals surface area contributed by atoms with Crippen molar-refractivity contribution in [3.63, 3.8) is 0 Å². The van der Waals surface area contributed by atoms with Crippen molar-refractivity contribution in [2.45, 2.75) is 39.0 Å². The normalized spacial score (nSPS) is 11.4. The van der Waals surface area contributed by atoms with E-state index in [-0.39, 0.29) is 5.41 Å². The van der Waals surface area contributed by atoms with Crippen LogP contribution in [-0.4, -0.2) is 4.98 Å². The van der Waals surface area contributed by atoms with Crippen molar-refractivity contribution in [2.75, 3.05) is 0 Å². The van der Waals surface area contributed by atoms with Gasteiger partial charge < -0.3 is 0 Å². The molecule has 1 heterocycles. The molecule has 0 aliphatic rings. The van der Waals surface area contributed by atoms with Crippen LogP contribution < -0.4 is 0 Å². The van der Waals surface area contributed by atoms with Gasteiger partial charge >= 0.3 is 0 Å². The van der Waals surface area contributed by atoms with E-state index in [1.54, 1.807) is 0 Å². The highest BCUT2D eigenvalue weighted by Gasteiger charge is 2.18. The molecule has 1 aromatic heterocycles. The molecule has 1 aromatic rings. The topological polar surface area (TPSA) is 12.9 Å². The fourth-order valence-corrected chi connectivity index (χ4v) is 1.19. The number of nitrogens with zero attached hydrogens (tertiary/aromatic N) is 1. The molecule has 0 spiro atoms. The third-order valence-corrected chi connectivity index (χ3v) is 2.45. The van der Waals surface area contributed by atoms with Crippen molar-refractivity contribution in [1.82, 2.24) is 4.98 Å². The maximum Gasteiger partial charge on any atom is 0.0675 e. The van der Waals surface area contributed by atoms with Gasteiger partial charge in [-0.3, -0.25) is 4.98 Å². The van der Waals surface area contributed by atoms with Gasteiger partial charge in [-0.15, -0.1) is 6.42 Å². The van der Waals surface area contributed by atoms with E-state index in [1.165, 1.54) is 5.56 Å². The standard InChI is InChI=1S/C13H17N/c1-6-13(4,5)12-8-7-11(9-14-12)10(2)3/h1,7-10H,2-5H3. The number of hydrogen-bond acceptors (Lipinski definition) is 1. The Morgan fingerprint density at radius 3 is 2.36 bits per heavy atom. The van der Waals surface area contributed by atoms with E-state index in [2.05, 4.69) is 30.8 Å². The summed E-state index contributed by atoms with van der Waals surface area (Å²) >= 11 is 0. The van der Waals surface area contributed by atoms with Gasteiger partial charge in [0.1, 0.15) is 0 Å². The van der Waals surface area contributed by atoms with Gasteiger partial charge in [0.15, 0.2) is 0 Å². The lowest BCUT2D eigenvalue weighted by molar-refractivity contribution is 0.667. The van der Waals surface area contributed by atoms with Crippen molar-refractivity contribution < 1.29 is 0 Å². The Labute approximate surface area is 86.6 Å². The summed E-state index contributed by atoms with van der Waals surface area (Å²) in [5.41, 5.74) is 1.95. The highest BCUT2D eigenvalue weighted by molar-refractivity contribution is 5.28. The van der Waals surface area contributed by atoms with Crippen LogP contribution in [0, 0.1) is 12.3 Å². The molecule has 0 saturated heterocycles. The SMILES string of the molecule is C#CC(C)(C)c1ccc(C(C)C)cn1. The third kappa shape index (κ3) is 2.14. The molecule has 0 aliphatic carbocycles. The molecule has 1 heteroatoms. The Kier molecular flexibility index (Phi) is 2.96. The zero-order chi connectivity index (χ0) is 10.8. The monoisotopic (exact) mass is 187 g/mol. The summed E-state index contributed by atoms with van der Waals surface area (Å²) in [5.74, 6) is 3.26. The largest absolute Gasteiger partial charge is 0.259 e. The minimum atomic E-state index is -0.268. The third-order valence-electron chi connectivity index (χ3n) is 2.45. The van der Waals surface area contributed by atoms with Crippen molar-refractivity contribution in [3.8, 4) is 12.3 Å². The summed E-state index contributed by atoms with van der Waals surface area (Å²) in [6, 6.07) is 4.13. The lowest BCUT2D eigenvalue weighted by atomic mass is 9.89. The Morgan fingerprint density at radius 1 is 1.36 bits per heavy atom. The van der Waals surface area contributed by atoms with Crippen molar-refractivity contribution in [1.29, 1.82) is 0 Å². The second-order valence-electron chi connectivity index (χ2n) is 4.40. The predicted molar refractivity (Wildman–Crippen MR) is 60.2 cm³/mol. The first-order valence-electron chi connectivity index (χ1n) is 4.91. The van der Waals surface area contributed by atoms with Gasteiger partial charge in [0.2, 0.25) is 0 Å². The van der Waals surface area contributed by atoms with Crippen molar-refractivity contribution in [2.24, 2.45) is 0 Å². The van der Waals surface area contributed by atoms with Crippen LogP contribution in [0.25, 0.3) is 0 Å². The number of hydrogen-bond donors (Lipinski definition) is 0. The predicted octanol–water partition coefficient (Wildman–Crippen LogP) is 3.12. The van der Waals surface area contributed by atoms with Gasteiger partial charge in [-0.2, -0.15) is 0 Å². The molecule has 1 rings (SSSR count). The van der Waals surface area contributed by atoms with Crippen LogP contribution in [0.15, 0.2) is 18.3 Å². The molecule has 0 bridgehead atoms. The smallest absolute Gasteiger partial charge is 0.0675 e. The molecule has 0 amide bonds. The van der Waals surface area contributed by atoms with Gasteiger partial charge in [0, 0.05) is 6.20 Å². The summed E-state index contributed by atoms with van der Waals surface area (Å²) in [6.07, 6.45) is 7.36. The number of rotatable bonds is 2. The van der Waals surface area contributed by atoms with Gasteiger partial charge in [-0.1, -0.05) is 25.8 Å². The van der Waals surface area contributed by atoms with E-state index in [9.17, 15) is 0 Å². The molecule has 0 atom stereocenters. The molecule has 0 saturated carbocycles. The van der Waals surface area contributed by atoms with Gasteiger partial charge in [0.05, 0.1) is 11.1 Å². The Bertz CT molecular complexity index is 338. The minimum absolute atomic E-state index is 0.268. The van der Waals surface area contributed by atoms with Crippen molar-refractivity contribution in [3.05, 3.63) is 29.6 Å². The van der Waals surface area contributed by atoms with E-state index >= 15 is 0 Å². The number of aromatic nitrogens is 1. The van der Waals surface area contributed by atoms with E-state index in [4.69, 9.17) is 6.42 Å². The molecule has 0 N–H and O–H groups in total. The van der Waals surface area contributed by atoms with Crippen molar-refractivity contribution >= 4 is 0 Å². The summed E-state index contributed by atoms with van der Waals surface area (Å²) in [5, 5.41) is 0.